The van der Waals surface area contributed by atoms with Crippen molar-refractivity contribution in [3.63, 3.8) is 0 Å². The predicted molar refractivity (Wildman–Crippen MR) is 79.6 cm³/mol. The highest BCUT2D eigenvalue weighted by Crippen LogP contribution is 2.31. The Bertz CT molecular complexity index is 477. The van der Waals surface area contributed by atoms with Crippen LogP contribution >= 0.6 is 23.1 Å². The summed E-state index contributed by atoms with van der Waals surface area (Å²) in [6.07, 6.45) is 1.25. The van der Waals surface area contributed by atoms with E-state index in [1.54, 1.807) is 0 Å². The molecule has 2 N–H and O–H groups in total. The van der Waals surface area contributed by atoms with Gasteiger partial charge in [-0.1, -0.05) is 0 Å². The van der Waals surface area contributed by atoms with Crippen LogP contribution in [-0.2, 0) is 21.7 Å². The molecule has 1 aromatic heterocycles. The number of carbonyl (C=O) groups excluding carboxylic acids is 1. The molecule has 1 aliphatic heterocycles. The third-order valence-electron chi connectivity index (χ3n) is 3.07. The van der Waals surface area contributed by atoms with Gasteiger partial charge in [-0.05, 0) is 23.8 Å². The van der Waals surface area contributed by atoms with Crippen LogP contribution in [0.15, 0.2) is 6.07 Å². The van der Waals surface area contributed by atoms with E-state index in [0.717, 1.165) is 17.9 Å². The molecule has 0 saturated carbocycles. The van der Waals surface area contributed by atoms with Gasteiger partial charge in [0.1, 0.15) is 6.04 Å². The molecule has 2 heterocycles. The second-order valence-electron chi connectivity index (χ2n) is 4.51. The van der Waals surface area contributed by atoms with Crippen molar-refractivity contribution in [1.82, 2.24) is 5.32 Å². The third-order valence-corrected chi connectivity index (χ3v) is 5.31. The van der Waals surface area contributed by atoms with Crippen LogP contribution in [-0.4, -0.2) is 42.5 Å². The van der Waals surface area contributed by atoms with Crippen LogP contribution in [0.3, 0.4) is 0 Å². The summed E-state index contributed by atoms with van der Waals surface area (Å²) in [4.78, 5) is 25.1. The number of carboxylic acid groups (broad SMARTS) is 1. The van der Waals surface area contributed by atoms with Crippen LogP contribution in [0.25, 0.3) is 0 Å². The van der Waals surface area contributed by atoms with E-state index in [4.69, 9.17) is 9.84 Å². The molecule has 2 rings (SSSR count). The molecule has 1 aliphatic rings. The molecule has 0 radical (unpaired) electrons. The maximum absolute atomic E-state index is 12.1. The van der Waals surface area contributed by atoms with Gasteiger partial charge in [0.25, 0.3) is 5.91 Å². The molecule has 1 atom stereocenters. The Morgan fingerprint density at radius 3 is 3.00 bits per heavy atom. The van der Waals surface area contributed by atoms with Gasteiger partial charge in [0, 0.05) is 30.8 Å². The Kier molecular flexibility index (Phi) is 5.45. The lowest BCUT2D eigenvalue weighted by molar-refractivity contribution is -0.139. The first-order valence-electron chi connectivity index (χ1n) is 6.33. The van der Waals surface area contributed by atoms with Crippen molar-refractivity contribution < 1.29 is 19.4 Å². The van der Waals surface area contributed by atoms with Crippen molar-refractivity contribution in [3.05, 3.63) is 21.4 Å². The number of carboxylic acids is 1. The van der Waals surface area contributed by atoms with Crippen molar-refractivity contribution in [3.8, 4) is 0 Å². The van der Waals surface area contributed by atoms with Gasteiger partial charge in [-0.2, -0.15) is 11.8 Å². The second-order valence-corrected chi connectivity index (χ2v) is 6.75. The SMILES string of the molecule is COCCC(NC(=O)c1cc2c(s1)CCSC2)C(=O)O. The van der Waals surface area contributed by atoms with E-state index in [1.165, 1.54) is 28.9 Å². The number of hydrogen-bond acceptors (Lipinski definition) is 5. The second kappa shape index (κ2) is 7.10. The standard InChI is InChI=1S/C13H17NO4S2/c1-18-4-2-9(13(16)17)14-12(15)11-6-8-7-19-5-3-10(8)20-11/h6,9H,2-5,7H2,1H3,(H,14,15)(H,16,17). The fraction of sp³-hybridized carbons (Fsp3) is 0.538. The monoisotopic (exact) mass is 315 g/mol. The highest BCUT2D eigenvalue weighted by Gasteiger charge is 2.23. The fourth-order valence-corrected chi connectivity index (χ4v) is 4.26. The van der Waals surface area contributed by atoms with Crippen molar-refractivity contribution in [1.29, 1.82) is 0 Å². The van der Waals surface area contributed by atoms with Crippen LogP contribution in [0.1, 0.15) is 26.5 Å². The van der Waals surface area contributed by atoms with Gasteiger partial charge in [-0.3, -0.25) is 4.79 Å². The molecule has 5 nitrogen and oxygen atoms in total. The third kappa shape index (κ3) is 3.74. The number of ether oxygens (including phenoxy) is 1. The van der Waals surface area contributed by atoms with Gasteiger partial charge in [0.2, 0.25) is 0 Å². The first-order valence-corrected chi connectivity index (χ1v) is 8.31. The summed E-state index contributed by atoms with van der Waals surface area (Å²) in [6.45, 7) is 0.300. The van der Waals surface area contributed by atoms with Crippen LogP contribution in [0.2, 0.25) is 0 Å². The molecule has 7 heteroatoms. The summed E-state index contributed by atoms with van der Waals surface area (Å²) in [6, 6.07) is 0.979. The van der Waals surface area contributed by atoms with Gasteiger partial charge in [0.15, 0.2) is 0 Å². The zero-order chi connectivity index (χ0) is 14.5. The molecule has 1 aromatic rings. The maximum atomic E-state index is 12.1. The van der Waals surface area contributed by atoms with Crippen LogP contribution < -0.4 is 5.32 Å². The maximum Gasteiger partial charge on any atom is 0.326 e. The number of aliphatic carboxylic acids is 1. The van der Waals surface area contributed by atoms with Crippen molar-refractivity contribution in [2.24, 2.45) is 0 Å². The van der Waals surface area contributed by atoms with Crippen LogP contribution in [0.5, 0.6) is 0 Å². The summed E-state index contributed by atoms with van der Waals surface area (Å²) >= 11 is 3.33. The predicted octanol–water partition coefficient (Wildman–Crippen LogP) is 1.76. The van der Waals surface area contributed by atoms with E-state index in [1.807, 2.05) is 17.8 Å². The molecule has 1 unspecified atom stereocenters. The summed E-state index contributed by atoms with van der Waals surface area (Å²) < 4.78 is 4.86. The number of thiophene rings is 1. The summed E-state index contributed by atoms with van der Waals surface area (Å²) in [7, 11) is 1.51. The Morgan fingerprint density at radius 1 is 1.55 bits per heavy atom. The smallest absolute Gasteiger partial charge is 0.326 e. The van der Waals surface area contributed by atoms with Crippen LogP contribution in [0.4, 0.5) is 0 Å². The molecule has 0 aromatic carbocycles. The lowest BCUT2D eigenvalue weighted by Gasteiger charge is -2.13. The lowest BCUT2D eigenvalue weighted by atomic mass is 10.2. The molecule has 0 spiro atoms. The minimum absolute atomic E-state index is 0.262. The largest absolute Gasteiger partial charge is 0.480 e. The van der Waals surface area contributed by atoms with E-state index in [2.05, 4.69) is 5.32 Å². The van der Waals surface area contributed by atoms with E-state index in [-0.39, 0.29) is 12.3 Å². The number of hydrogen-bond donors (Lipinski definition) is 2. The highest BCUT2D eigenvalue weighted by molar-refractivity contribution is 7.98. The van der Waals surface area contributed by atoms with E-state index < -0.39 is 12.0 Å². The van der Waals surface area contributed by atoms with E-state index in [0.29, 0.717) is 11.5 Å². The van der Waals surface area contributed by atoms with Gasteiger partial charge < -0.3 is 15.2 Å². The summed E-state index contributed by atoms with van der Waals surface area (Å²) in [5, 5.41) is 11.6. The number of amides is 1. The number of rotatable bonds is 6. The number of nitrogens with one attached hydrogen (secondary N) is 1. The molecule has 0 bridgehead atoms. The topological polar surface area (TPSA) is 75.6 Å². The summed E-state index contributed by atoms with van der Waals surface area (Å²) in [5.41, 5.74) is 1.21. The average Bonchev–Trinajstić information content (AvgIpc) is 2.86. The number of thioether (sulfide) groups is 1. The number of carbonyl (C=O) groups is 2. The average molecular weight is 315 g/mol. The number of methoxy groups -OCH3 is 1. The van der Waals surface area contributed by atoms with Gasteiger partial charge in [-0.25, -0.2) is 4.79 Å². The highest BCUT2D eigenvalue weighted by atomic mass is 32.2. The first kappa shape index (κ1) is 15.3. The van der Waals surface area contributed by atoms with Gasteiger partial charge in [0.05, 0.1) is 4.88 Å². The Morgan fingerprint density at radius 2 is 2.35 bits per heavy atom. The van der Waals surface area contributed by atoms with Crippen molar-refractivity contribution >= 4 is 35.0 Å². The molecular weight excluding hydrogens is 298 g/mol. The normalized spacial score (nSPS) is 15.4. The minimum Gasteiger partial charge on any atom is -0.480 e. The fourth-order valence-electron chi connectivity index (χ4n) is 1.98. The quantitative estimate of drug-likeness (QED) is 0.836. The number of aryl methyl sites for hydroxylation is 1. The zero-order valence-electron chi connectivity index (χ0n) is 11.2. The Hall–Kier alpha value is -1.05. The summed E-state index contributed by atoms with van der Waals surface area (Å²) in [5.74, 6) is 0.677. The molecule has 1 amide bonds. The van der Waals surface area contributed by atoms with Crippen molar-refractivity contribution in [2.45, 2.75) is 24.6 Å². The molecule has 0 aliphatic carbocycles. The molecule has 0 fully saturated rings. The van der Waals surface area contributed by atoms with E-state index in [9.17, 15) is 9.59 Å². The van der Waals surface area contributed by atoms with Gasteiger partial charge >= 0.3 is 5.97 Å². The molecular formula is C13H17NO4S2. The molecule has 0 saturated heterocycles. The number of fused-ring (bicyclic) bond motifs is 1. The molecule has 20 heavy (non-hydrogen) atoms. The van der Waals surface area contributed by atoms with E-state index >= 15 is 0 Å². The Labute approximate surface area is 125 Å². The Balaban J connectivity index is 2.02. The molecule has 110 valence electrons. The zero-order valence-corrected chi connectivity index (χ0v) is 12.8. The minimum atomic E-state index is -1.03. The first-order chi connectivity index (χ1) is 9.61. The van der Waals surface area contributed by atoms with Gasteiger partial charge in [-0.15, -0.1) is 11.3 Å². The van der Waals surface area contributed by atoms with Crippen molar-refractivity contribution in [2.75, 3.05) is 19.5 Å². The lowest BCUT2D eigenvalue weighted by Crippen LogP contribution is -2.41. The van der Waals surface area contributed by atoms with Crippen LogP contribution in [0, 0.1) is 0 Å².